The minimum atomic E-state index is 1.11. The molecule has 3 heteroatoms. The molecule has 3 heterocycles. The summed E-state index contributed by atoms with van der Waals surface area (Å²) in [7, 11) is 0. The molecular weight excluding hydrogens is 474 g/mol. The van der Waals surface area contributed by atoms with E-state index in [0.29, 0.717) is 0 Å². The van der Waals surface area contributed by atoms with E-state index < -0.39 is 0 Å². The van der Waals surface area contributed by atoms with E-state index in [-0.39, 0.29) is 0 Å². The van der Waals surface area contributed by atoms with Gasteiger partial charge in [0.15, 0.2) is 0 Å². The third kappa shape index (κ3) is 3.20. The van der Waals surface area contributed by atoms with Crippen molar-refractivity contribution in [2.75, 3.05) is 0 Å². The molecule has 3 aromatic heterocycles. The normalized spacial score (nSPS) is 11.7. The maximum absolute atomic E-state index is 4.31. The van der Waals surface area contributed by atoms with E-state index in [2.05, 4.69) is 142 Å². The smallest absolute Gasteiger partial charge is 0.0791 e. The Bertz CT molecular complexity index is 2150. The Balaban J connectivity index is 1.55. The van der Waals surface area contributed by atoms with E-state index in [9.17, 15) is 0 Å². The molecule has 3 nitrogen and oxygen atoms in total. The van der Waals surface area contributed by atoms with Gasteiger partial charge in [0.25, 0.3) is 0 Å². The zero-order chi connectivity index (χ0) is 25.9. The van der Waals surface area contributed by atoms with Crippen molar-refractivity contribution < 1.29 is 0 Å². The lowest BCUT2D eigenvalue weighted by Gasteiger charge is -2.13. The highest BCUT2D eigenvalue weighted by atomic mass is 15.0. The lowest BCUT2D eigenvalue weighted by molar-refractivity contribution is 1.14. The van der Waals surface area contributed by atoms with Crippen molar-refractivity contribution >= 4 is 43.6 Å². The van der Waals surface area contributed by atoms with Crippen LogP contribution in [0.15, 0.2) is 134 Å². The molecule has 0 amide bonds. The van der Waals surface area contributed by atoms with Gasteiger partial charge in [-0.2, -0.15) is 0 Å². The van der Waals surface area contributed by atoms with Gasteiger partial charge in [0.1, 0.15) is 0 Å². The molecule has 0 saturated heterocycles. The average Bonchev–Trinajstić information content (AvgIpc) is 3.52. The summed E-state index contributed by atoms with van der Waals surface area (Å²) in [4.78, 5) is 4.31. The molecule has 0 atom stereocenters. The predicted octanol–water partition coefficient (Wildman–Crippen LogP) is 9.25. The van der Waals surface area contributed by atoms with Gasteiger partial charge in [0, 0.05) is 45.3 Å². The number of fused-ring (bicyclic) bond motifs is 7. The Morgan fingerprint density at radius 2 is 1.05 bits per heavy atom. The van der Waals surface area contributed by atoms with E-state index >= 15 is 0 Å². The Morgan fingerprint density at radius 3 is 1.79 bits per heavy atom. The lowest BCUT2D eigenvalue weighted by Crippen LogP contribution is -1.99. The molecule has 8 aromatic rings. The van der Waals surface area contributed by atoms with Gasteiger partial charge < -0.3 is 9.13 Å². The Morgan fingerprint density at radius 1 is 0.487 bits per heavy atom. The van der Waals surface area contributed by atoms with Gasteiger partial charge >= 0.3 is 0 Å². The summed E-state index contributed by atoms with van der Waals surface area (Å²) < 4.78 is 4.85. The third-order valence-electron chi connectivity index (χ3n) is 7.92. The van der Waals surface area contributed by atoms with Crippen molar-refractivity contribution in [3.8, 4) is 22.5 Å². The van der Waals surface area contributed by atoms with Crippen LogP contribution >= 0.6 is 0 Å². The number of hydrogen-bond donors (Lipinski definition) is 0. The molecule has 39 heavy (non-hydrogen) atoms. The molecule has 0 saturated carbocycles. The van der Waals surface area contributed by atoms with Crippen LogP contribution in [0.2, 0.25) is 0 Å². The standard InChI is InChI=1S/C36H25N3/c1-24-23-31-29-11-5-7-13-32(29)38(27-17-15-26(16-18-27)25-9-3-2-4-10-25)35(31)36-34(24)30-12-6-8-14-33(30)39(36)28-19-21-37-22-20-28/h2-23H,1H3. The van der Waals surface area contributed by atoms with Gasteiger partial charge in [0.05, 0.1) is 22.1 Å². The number of pyridine rings is 1. The van der Waals surface area contributed by atoms with E-state index in [1.807, 2.05) is 12.4 Å². The molecule has 0 spiro atoms. The Labute approximate surface area is 226 Å². The molecule has 184 valence electrons. The van der Waals surface area contributed by atoms with Gasteiger partial charge in [-0.3, -0.25) is 4.98 Å². The number of hydrogen-bond acceptors (Lipinski definition) is 1. The number of aromatic nitrogens is 3. The van der Waals surface area contributed by atoms with Crippen molar-refractivity contribution in [1.82, 2.24) is 14.1 Å². The molecule has 5 aromatic carbocycles. The summed E-state index contributed by atoms with van der Waals surface area (Å²) in [5.74, 6) is 0. The van der Waals surface area contributed by atoms with Crippen molar-refractivity contribution in [2.45, 2.75) is 6.92 Å². The first-order chi connectivity index (χ1) is 19.3. The van der Waals surface area contributed by atoms with Crippen molar-refractivity contribution in [3.63, 3.8) is 0 Å². The minimum absolute atomic E-state index is 1.11. The summed E-state index contributed by atoms with van der Waals surface area (Å²) in [6.07, 6.45) is 3.75. The fraction of sp³-hybridized carbons (Fsp3) is 0.0278. The molecule has 0 bridgehead atoms. The summed E-state index contributed by atoms with van der Waals surface area (Å²) in [6.45, 7) is 2.24. The molecule has 0 aliphatic carbocycles. The number of para-hydroxylation sites is 2. The molecule has 0 radical (unpaired) electrons. The highest BCUT2D eigenvalue weighted by molar-refractivity contribution is 6.24. The first kappa shape index (κ1) is 21.9. The summed E-state index contributed by atoms with van der Waals surface area (Å²) in [5.41, 5.74) is 10.8. The summed E-state index contributed by atoms with van der Waals surface area (Å²) in [5, 5.41) is 5.08. The van der Waals surface area contributed by atoms with Crippen LogP contribution in [0.1, 0.15) is 5.56 Å². The van der Waals surface area contributed by atoms with Crippen LogP contribution < -0.4 is 0 Å². The van der Waals surface area contributed by atoms with Crippen LogP contribution in [0.25, 0.3) is 66.1 Å². The van der Waals surface area contributed by atoms with Crippen molar-refractivity contribution in [1.29, 1.82) is 0 Å². The van der Waals surface area contributed by atoms with E-state index in [1.54, 1.807) is 0 Å². The zero-order valence-corrected chi connectivity index (χ0v) is 21.5. The number of nitrogens with zero attached hydrogens (tertiary/aromatic N) is 3. The van der Waals surface area contributed by atoms with E-state index in [0.717, 1.165) is 11.4 Å². The number of benzene rings is 5. The molecule has 0 fully saturated rings. The maximum atomic E-state index is 4.31. The predicted molar refractivity (Wildman–Crippen MR) is 163 cm³/mol. The quantitative estimate of drug-likeness (QED) is 0.237. The topological polar surface area (TPSA) is 22.8 Å². The number of aryl methyl sites for hydroxylation is 1. The first-order valence-corrected chi connectivity index (χ1v) is 13.3. The molecule has 0 aliphatic heterocycles. The van der Waals surface area contributed by atoms with Crippen LogP contribution in [0.5, 0.6) is 0 Å². The van der Waals surface area contributed by atoms with Gasteiger partial charge in [0.2, 0.25) is 0 Å². The maximum Gasteiger partial charge on any atom is 0.0791 e. The van der Waals surface area contributed by atoms with Gasteiger partial charge in [-0.25, -0.2) is 0 Å². The van der Waals surface area contributed by atoms with Crippen LogP contribution in [-0.4, -0.2) is 14.1 Å². The second kappa shape index (κ2) is 8.44. The highest BCUT2D eigenvalue weighted by Gasteiger charge is 2.22. The van der Waals surface area contributed by atoms with E-state index in [1.165, 1.54) is 60.3 Å². The van der Waals surface area contributed by atoms with Gasteiger partial charge in [-0.05, 0) is 66.1 Å². The molecule has 8 rings (SSSR count). The Hall–Kier alpha value is -5.15. The van der Waals surface area contributed by atoms with E-state index in [4.69, 9.17) is 0 Å². The highest BCUT2D eigenvalue weighted by Crippen LogP contribution is 2.43. The summed E-state index contributed by atoms with van der Waals surface area (Å²) >= 11 is 0. The van der Waals surface area contributed by atoms with Crippen LogP contribution in [0, 0.1) is 6.92 Å². The van der Waals surface area contributed by atoms with Crippen LogP contribution in [0.4, 0.5) is 0 Å². The summed E-state index contributed by atoms with van der Waals surface area (Å²) in [6, 6.07) is 43.6. The largest absolute Gasteiger partial charge is 0.307 e. The van der Waals surface area contributed by atoms with Gasteiger partial charge in [-0.15, -0.1) is 0 Å². The molecule has 0 aliphatic rings. The van der Waals surface area contributed by atoms with Gasteiger partial charge in [-0.1, -0.05) is 78.9 Å². The lowest BCUT2D eigenvalue weighted by atomic mass is 10.0. The van der Waals surface area contributed by atoms with Crippen LogP contribution in [-0.2, 0) is 0 Å². The second-order valence-electron chi connectivity index (χ2n) is 10.1. The molecule has 0 unspecified atom stereocenters. The van der Waals surface area contributed by atoms with Crippen molar-refractivity contribution in [2.24, 2.45) is 0 Å². The van der Waals surface area contributed by atoms with Crippen LogP contribution in [0.3, 0.4) is 0 Å². The molecular formula is C36H25N3. The van der Waals surface area contributed by atoms with Crippen molar-refractivity contribution in [3.05, 3.63) is 139 Å². The Kier molecular flexibility index (Phi) is 4.74. The monoisotopic (exact) mass is 499 g/mol. The SMILES string of the molecule is Cc1cc2c3ccccc3n(-c3ccc(-c4ccccc4)cc3)c2c2c1c1ccccc1n2-c1ccncc1. The fourth-order valence-corrected chi connectivity index (χ4v) is 6.26. The first-order valence-electron chi connectivity index (χ1n) is 13.3. The second-order valence-corrected chi connectivity index (χ2v) is 10.1. The average molecular weight is 500 g/mol. The molecule has 0 N–H and O–H groups in total. The number of rotatable bonds is 3. The zero-order valence-electron chi connectivity index (χ0n) is 21.5. The minimum Gasteiger partial charge on any atom is -0.307 e. The fourth-order valence-electron chi connectivity index (χ4n) is 6.26. The third-order valence-corrected chi connectivity index (χ3v) is 7.92.